The molecule has 1 aromatic carbocycles. The van der Waals surface area contributed by atoms with Crippen LogP contribution in [0.25, 0.3) is 0 Å². The van der Waals surface area contributed by atoms with Crippen molar-refractivity contribution in [3.8, 4) is 0 Å². The number of thiocarbonyl (C=S) groups is 1. The van der Waals surface area contributed by atoms with Gasteiger partial charge in [0.15, 0.2) is 11.6 Å². The Bertz CT molecular complexity index is 820. The number of rotatable bonds is 5. The van der Waals surface area contributed by atoms with Gasteiger partial charge in [-0.05, 0) is 25.6 Å². The van der Waals surface area contributed by atoms with E-state index in [9.17, 15) is 18.4 Å². The Balaban J connectivity index is 1.73. The summed E-state index contributed by atoms with van der Waals surface area (Å²) >= 11 is 4.88. The van der Waals surface area contributed by atoms with Gasteiger partial charge in [-0.1, -0.05) is 0 Å². The maximum Gasteiger partial charge on any atom is 0.414 e. The number of nitrogens with one attached hydrogen (secondary N) is 1. The van der Waals surface area contributed by atoms with E-state index in [4.69, 9.17) is 27.0 Å². The van der Waals surface area contributed by atoms with E-state index in [0.29, 0.717) is 6.42 Å². The Morgan fingerprint density at radius 3 is 2.63 bits per heavy atom. The minimum Gasteiger partial charge on any atom is -0.444 e. The topological polar surface area (TPSA) is 94.6 Å². The van der Waals surface area contributed by atoms with Gasteiger partial charge in [-0.25, -0.2) is 24.1 Å². The number of Topliss-reactive ketones (excluding diaryl/α,β-unsaturated/α-hetero) is 1. The van der Waals surface area contributed by atoms with Crippen molar-refractivity contribution in [2.45, 2.75) is 25.9 Å². The monoisotopic (exact) mass is 444 g/mol. The normalized spacial score (nSPS) is 19.5. The number of halogens is 2. The third kappa shape index (κ3) is 4.94. The molecule has 0 saturated carbocycles. The molecule has 1 aromatic rings. The van der Waals surface area contributed by atoms with Crippen molar-refractivity contribution >= 4 is 40.6 Å². The number of carbonyl (C=O) groups excluding carboxylic acids is 2. The molecule has 0 radical (unpaired) electrons. The van der Waals surface area contributed by atoms with Crippen molar-refractivity contribution < 1.29 is 33.2 Å². The third-order valence-electron chi connectivity index (χ3n) is 4.83. The fraction of sp³-hybridized carbons (Fsp3) is 0.500. The summed E-state index contributed by atoms with van der Waals surface area (Å²) in [6.45, 7) is 2.20. The van der Waals surface area contributed by atoms with Crippen LogP contribution in [-0.2, 0) is 14.4 Å². The van der Waals surface area contributed by atoms with E-state index in [0.717, 1.165) is 17.0 Å². The van der Waals surface area contributed by atoms with E-state index >= 15 is 0 Å². The fourth-order valence-corrected chi connectivity index (χ4v) is 3.49. The van der Waals surface area contributed by atoms with Crippen LogP contribution in [0, 0.1) is 11.6 Å². The second-order valence-electron chi connectivity index (χ2n) is 6.95. The van der Waals surface area contributed by atoms with Gasteiger partial charge in [0, 0.05) is 31.6 Å². The van der Waals surface area contributed by atoms with Crippen molar-refractivity contribution in [1.82, 2.24) is 10.5 Å². The standard InChI is InChI=1S/C18H22F2N4O5S/c1-11(25)2-3-13-10-23(18(26)29-13)12-8-14(19)16(15(20)9-12)22-4-5-24(17(30)21-27)28-7-6-22/h8-9,13,27H,2-7,10H2,1H3,(H,21,30)/t13-/m0/s1. The number of amides is 1. The molecular weight excluding hydrogens is 422 g/mol. The van der Waals surface area contributed by atoms with Gasteiger partial charge in [0.05, 0.1) is 25.4 Å². The molecule has 2 saturated heterocycles. The number of hydrogen-bond acceptors (Lipinski definition) is 7. The number of hydrogen-bond donors (Lipinski definition) is 2. The Kier molecular flexibility index (Phi) is 7.00. The van der Waals surface area contributed by atoms with Crippen LogP contribution >= 0.6 is 12.2 Å². The molecule has 2 heterocycles. The molecule has 2 aliphatic rings. The molecule has 3 rings (SSSR count). The third-order valence-corrected chi connectivity index (χ3v) is 5.12. The molecule has 0 spiro atoms. The Morgan fingerprint density at radius 2 is 2.00 bits per heavy atom. The van der Waals surface area contributed by atoms with Crippen LogP contribution in [0.15, 0.2) is 12.1 Å². The zero-order chi connectivity index (χ0) is 21.8. The van der Waals surface area contributed by atoms with Crippen molar-refractivity contribution in [2.24, 2.45) is 0 Å². The average Bonchev–Trinajstić information content (AvgIpc) is 2.90. The van der Waals surface area contributed by atoms with Gasteiger partial charge in [-0.2, -0.15) is 0 Å². The lowest BCUT2D eigenvalue weighted by atomic mass is 10.1. The lowest BCUT2D eigenvalue weighted by Crippen LogP contribution is -2.40. The SMILES string of the molecule is CC(=O)CC[C@H]1CN(c2cc(F)c(N3CCON(C(=S)NO)CC3)c(F)c2)C(=O)O1. The van der Waals surface area contributed by atoms with Crippen LogP contribution in [0.2, 0.25) is 0 Å². The van der Waals surface area contributed by atoms with Crippen molar-refractivity contribution in [1.29, 1.82) is 0 Å². The highest BCUT2D eigenvalue weighted by molar-refractivity contribution is 7.80. The second kappa shape index (κ2) is 9.49. The number of cyclic esters (lactones) is 1. The van der Waals surface area contributed by atoms with E-state index in [2.05, 4.69) is 0 Å². The average molecular weight is 444 g/mol. The highest BCUT2D eigenvalue weighted by Crippen LogP contribution is 2.32. The summed E-state index contributed by atoms with van der Waals surface area (Å²) in [7, 11) is 0. The summed E-state index contributed by atoms with van der Waals surface area (Å²) in [6.07, 6.45) is -0.601. The summed E-state index contributed by atoms with van der Waals surface area (Å²) in [6, 6.07) is 2.16. The number of ketones is 1. The second-order valence-corrected chi connectivity index (χ2v) is 7.34. The van der Waals surface area contributed by atoms with Gasteiger partial charge < -0.3 is 14.4 Å². The van der Waals surface area contributed by atoms with Gasteiger partial charge in [-0.15, -0.1) is 0 Å². The van der Waals surface area contributed by atoms with E-state index in [1.807, 2.05) is 0 Å². The molecule has 30 heavy (non-hydrogen) atoms. The van der Waals surface area contributed by atoms with Gasteiger partial charge >= 0.3 is 6.09 Å². The zero-order valence-electron chi connectivity index (χ0n) is 16.3. The van der Waals surface area contributed by atoms with E-state index < -0.39 is 23.8 Å². The molecule has 1 amide bonds. The molecule has 2 N–H and O–H groups in total. The van der Waals surface area contributed by atoms with Crippen LogP contribution in [0.3, 0.4) is 0 Å². The molecule has 2 fully saturated rings. The first-order valence-electron chi connectivity index (χ1n) is 9.36. The van der Waals surface area contributed by atoms with Gasteiger partial charge in [0.25, 0.3) is 0 Å². The van der Waals surface area contributed by atoms with Crippen LogP contribution < -0.4 is 15.3 Å². The summed E-state index contributed by atoms with van der Waals surface area (Å²) in [5, 5.41) is 10.0. The summed E-state index contributed by atoms with van der Waals surface area (Å²) in [4.78, 5) is 31.2. The molecule has 1 atom stereocenters. The molecule has 2 aliphatic heterocycles. The highest BCUT2D eigenvalue weighted by Gasteiger charge is 2.34. The Hall–Kier alpha value is -2.57. The number of benzene rings is 1. The predicted molar refractivity (Wildman–Crippen MR) is 106 cm³/mol. The molecule has 164 valence electrons. The first kappa shape index (κ1) is 22.1. The molecular formula is C18H22F2N4O5S. The maximum absolute atomic E-state index is 14.8. The number of nitrogens with zero attached hydrogens (tertiary/aromatic N) is 3. The van der Waals surface area contributed by atoms with Gasteiger partial charge in [-0.3, -0.25) is 14.9 Å². The van der Waals surface area contributed by atoms with Crippen LogP contribution in [0.4, 0.5) is 25.0 Å². The minimum atomic E-state index is -0.832. The molecule has 9 nitrogen and oxygen atoms in total. The van der Waals surface area contributed by atoms with Gasteiger partial charge in [0.2, 0.25) is 5.11 Å². The fourth-order valence-electron chi connectivity index (χ4n) is 3.35. The Labute approximate surface area is 177 Å². The number of carbonyl (C=O) groups is 2. The summed E-state index contributed by atoms with van der Waals surface area (Å²) < 4.78 is 34.9. The molecule has 0 aliphatic carbocycles. The minimum absolute atomic E-state index is 0.0264. The lowest BCUT2D eigenvalue weighted by Gasteiger charge is -2.24. The summed E-state index contributed by atoms with van der Waals surface area (Å²) in [5.41, 5.74) is 1.60. The summed E-state index contributed by atoms with van der Waals surface area (Å²) in [5.74, 6) is -1.69. The predicted octanol–water partition coefficient (Wildman–Crippen LogP) is 1.98. The van der Waals surface area contributed by atoms with Crippen LogP contribution in [0.5, 0.6) is 0 Å². The van der Waals surface area contributed by atoms with Crippen molar-refractivity contribution in [2.75, 3.05) is 42.6 Å². The zero-order valence-corrected chi connectivity index (χ0v) is 17.1. The number of anilines is 2. The van der Waals surface area contributed by atoms with E-state index in [-0.39, 0.29) is 61.5 Å². The first-order valence-corrected chi connectivity index (χ1v) is 9.77. The number of hydroxylamine groups is 3. The highest BCUT2D eigenvalue weighted by atomic mass is 32.1. The quantitative estimate of drug-likeness (QED) is 0.522. The van der Waals surface area contributed by atoms with E-state index in [1.54, 1.807) is 5.48 Å². The van der Waals surface area contributed by atoms with Crippen molar-refractivity contribution in [3.63, 3.8) is 0 Å². The first-order chi connectivity index (χ1) is 14.3. The maximum atomic E-state index is 14.8. The van der Waals surface area contributed by atoms with Crippen LogP contribution in [0.1, 0.15) is 19.8 Å². The van der Waals surface area contributed by atoms with Crippen LogP contribution in [-0.4, -0.2) is 66.1 Å². The smallest absolute Gasteiger partial charge is 0.414 e. The van der Waals surface area contributed by atoms with E-state index in [1.165, 1.54) is 16.9 Å². The molecule has 0 bridgehead atoms. The van der Waals surface area contributed by atoms with Gasteiger partial charge in [0.1, 0.15) is 17.6 Å². The Morgan fingerprint density at radius 1 is 1.30 bits per heavy atom. The largest absolute Gasteiger partial charge is 0.444 e. The van der Waals surface area contributed by atoms with Crippen molar-refractivity contribution in [3.05, 3.63) is 23.8 Å². The molecule has 0 aromatic heterocycles. The molecule has 0 unspecified atom stereocenters. The number of ether oxygens (including phenoxy) is 1. The molecule has 12 heteroatoms. The lowest BCUT2D eigenvalue weighted by molar-refractivity contribution is -0.117.